The molecule has 7 heteroatoms. The lowest BCUT2D eigenvalue weighted by Crippen LogP contribution is -2.30. The molecule has 0 aliphatic heterocycles. The summed E-state index contributed by atoms with van der Waals surface area (Å²) in [4.78, 5) is 26.7. The molecule has 0 aliphatic carbocycles. The van der Waals surface area contributed by atoms with Gasteiger partial charge in [-0.3, -0.25) is 14.5 Å². The molecule has 2 aromatic carbocycles. The first kappa shape index (κ1) is 20.5. The van der Waals surface area contributed by atoms with E-state index in [0.717, 1.165) is 10.5 Å². The Bertz CT molecular complexity index is 831. The molecule has 0 radical (unpaired) electrons. The molecule has 0 aromatic heterocycles. The summed E-state index contributed by atoms with van der Waals surface area (Å²) in [5, 5.41) is 14.2. The highest BCUT2D eigenvalue weighted by molar-refractivity contribution is 7.99. The molecule has 6 nitrogen and oxygen atoms in total. The van der Waals surface area contributed by atoms with E-state index in [4.69, 9.17) is 5.26 Å². The van der Waals surface area contributed by atoms with Crippen molar-refractivity contribution in [2.45, 2.75) is 11.4 Å². The van der Waals surface area contributed by atoms with Gasteiger partial charge in [0.2, 0.25) is 5.91 Å². The maximum atomic E-state index is 12.3. The normalized spacial score (nSPS) is 10.3. The number of likely N-dealkylation sites (N-methyl/N-ethyl adjacent to an activating group) is 1. The molecule has 0 heterocycles. The molecule has 0 aliphatic rings. The third kappa shape index (κ3) is 6.44. The van der Waals surface area contributed by atoms with E-state index in [1.807, 2.05) is 48.3 Å². The molecule has 140 valence electrons. The number of thioether (sulfide) groups is 1. The Kier molecular flexibility index (Phi) is 7.86. The molecule has 0 saturated carbocycles. The molecule has 2 amide bonds. The largest absolute Gasteiger partial charge is 0.355 e. The number of nitrogens with zero attached hydrogens (tertiary/aromatic N) is 2. The van der Waals surface area contributed by atoms with Crippen molar-refractivity contribution in [2.75, 3.05) is 31.7 Å². The van der Waals surface area contributed by atoms with Crippen LogP contribution in [0.25, 0.3) is 0 Å². The first-order valence-electron chi connectivity index (χ1n) is 8.41. The Labute approximate surface area is 163 Å². The van der Waals surface area contributed by atoms with Crippen LogP contribution in [0.2, 0.25) is 0 Å². The van der Waals surface area contributed by atoms with Gasteiger partial charge in [-0.2, -0.15) is 5.26 Å². The maximum Gasteiger partial charge on any atom is 0.251 e. The van der Waals surface area contributed by atoms with Gasteiger partial charge in [-0.05, 0) is 36.9 Å². The number of anilines is 1. The van der Waals surface area contributed by atoms with E-state index >= 15 is 0 Å². The maximum absolute atomic E-state index is 12.3. The number of amides is 2. The van der Waals surface area contributed by atoms with Crippen LogP contribution in [0.3, 0.4) is 0 Å². The van der Waals surface area contributed by atoms with Crippen molar-refractivity contribution in [2.24, 2.45) is 0 Å². The predicted molar refractivity (Wildman–Crippen MR) is 108 cm³/mol. The SMILES string of the molecule is CNC(=O)c1ccc(CN(C)CC(=O)Nc2ccccc2SCC#N)cc1. The monoisotopic (exact) mass is 382 g/mol. The number of hydrogen-bond donors (Lipinski definition) is 2. The van der Waals surface area contributed by atoms with Gasteiger partial charge in [-0.1, -0.05) is 24.3 Å². The second kappa shape index (κ2) is 10.4. The lowest BCUT2D eigenvalue weighted by molar-refractivity contribution is -0.117. The number of carbonyl (C=O) groups excluding carboxylic acids is 2. The van der Waals surface area contributed by atoms with E-state index in [1.54, 1.807) is 19.2 Å². The van der Waals surface area contributed by atoms with E-state index in [2.05, 4.69) is 16.7 Å². The van der Waals surface area contributed by atoms with Crippen molar-refractivity contribution in [3.8, 4) is 6.07 Å². The summed E-state index contributed by atoms with van der Waals surface area (Å²) in [6.07, 6.45) is 0. The van der Waals surface area contributed by atoms with Gasteiger partial charge in [0.25, 0.3) is 5.91 Å². The van der Waals surface area contributed by atoms with E-state index in [0.29, 0.717) is 23.5 Å². The second-order valence-corrected chi connectivity index (χ2v) is 6.96. The molecule has 2 aromatic rings. The first-order chi connectivity index (χ1) is 13.0. The zero-order chi connectivity index (χ0) is 19.6. The molecule has 0 unspecified atom stereocenters. The molecule has 27 heavy (non-hydrogen) atoms. The van der Waals surface area contributed by atoms with Gasteiger partial charge in [-0.15, -0.1) is 11.8 Å². The van der Waals surface area contributed by atoms with Gasteiger partial charge in [0.1, 0.15) is 0 Å². The predicted octanol–water partition coefficient (Wildman–Crippen LogP) is 2.73. The van der Waals surface area contributed by atoms with Crippen molar-refractivity contribution in [1.82, 2.24) is 10.2 Å². The average Bonchev–Trinajstić information content (AvgIpc) is 2.67. The van der Waals surface area contributed by atoms with Crippen LogP contribution in [0.4, 0.5) is 5.69 Å². The second-order valence-electron chi connectivity index (χ2n) is 5.94. The Balaban J connectivity index is 1.90. The fraction of sp³-hybridized carbons (Fsp3) is 0.250. The van der Waals surface area contributed by atoms with Crippen molar-refractivity contribution in [1.29, 1.82) is 5.26 Å². The average molecular weight is 382 g/mol. The number of rotatable bonds is 8. The Morgan fingerprint density at radius 2 is 1.85 bits per heavy atom. The smallest absolute Gasteiger partial charge is 0.251 e. The van der Waals surface area contributed by atoms with Crippen LogP contribution in [0, 0.1) is 11.3 Å². The molecule has 0 spiro atoms. The van der Waals surface area contributed by atoms with Gasteiger partial charge in [-0.25, -0.2) is 0 Å². The molecular weight excluding hydrogens is 360 g/mol. The number of benzene rings is 2. The fourth-order valence-electron chi connectivity index (χ4n) is 2.51. The number of nitrogens with one attached hydrogen (secondary N) is 2. The standard InChI is InChI=1S/C20H22N4O2S/c1-22-20(26)16-9-7-15(8-10-16)13-24(2)14-19(25)23-17-5-3-4-6-18(17)27-12-11-21/h3-10H,12-14H2,1-2H3,(H,22,26)(H,23,25). The number of nitriles is 1. The lowest BCUT2D eigenvalue weighted by Gasteiger charge is -2.17. The lowest BCUT2D eigenvalue weighted by atomic mass is 10.1. The van der Waals surface area contributed by atoms with E-state index in [9.17, 15) is 9.59 Å². The van der Waals surface area contributed by atoms with E-state index < -0.39 is 0 Å². The summed E-state index contributed by atoms with van der Waals surface area (Å²) in [7, 11) is 3.46. The molecular formula is C20H22N4O2S. The minimum absolute atomic E-state index is 0.121. The molecule has 0 atom stereocenters. The van der Waals surface area contributed by atoms with Crippen molar-refractivity contribution in [3.05, 3.63) is 59.7 Å². The fourth-order valence-corrected chi connectivity index (χ4v) is 3.18. The minimum atomic E-state index is -0.123. The van der Waals surface area contributed by atoms with Crippen molar-refractivity contribution in [3.63, 3.8) is 0 Å². The quantitative estimate of drug-likeness (QED) is 0.686. The molecule has 2 rings (SSSR count). The molecule has 0 fully saturated rings. The zero-order valence-electron chi connectivity index (χ0n) is 15.4. The van der Waals surface area contributed by atoms with Gasteiger partial charge in [0.15, 0.2) is 0 Å². The van der Waals surface area contributed by atoms with Crippen LogP contribution in [0.15, 0.2) is 53.4 Å². The first-order valence-corrected chi connectivity index (χ1v) is 9.40. The van der Waals surface area contributed by atoms with Crippen molar-refractivity contribution >= 4 is 29.3 Å². The van der Waals surface area contributed by atoms with Crippen molar-refractivity contribution < 1.29 is 9.59 Å². The third-order valence-electron chi connectivity index (χ3n) is 3.76. The van der Waals surface area contributed by atoms with Crippen LogP contribution in [0.5, 0.6) is 0 Å². The highest BCUT2D eigenvalue weighted by atomic mass is 32.2. The highest BCUT2D eigenvalue weighted by Gasteiger charge is 2.11. The number of carbonyl (C=O) groups is 2. The van der Waals surface area contributed by atoms with Gasteiger partial charge < -0.3 is 10.6 Å². The number of para-hydroxylation sites is 1. The Morgan fingerprint density at radius 3 is 2.52 bits per heavy atom. The van der Waals surface area contributed by atoms with Crippen LogP contribution in [-0.2, 0) is 11.3 Å². The third-order valence-corrected chi connectivity index (χ3v) is 4.70. The molecule has 2 N–H and O–H groups in total. The summed E-state index contributed by atoms with van der Waals surface area (Å²) in [6, 6.07) is 16.8. The van der Waals surface area contributed by atoms with Gasteiger partial charge in [0.05, 0.1) is 24.1 Å². The Hall–Kier alpha value is -2.82. The van der Waals surface area contributed by atoms with Gasteiger partial charge >= 0.3 is 0 Å². The van der Waals surface area contributed by atoms with Crippen LogP contribution < -0.4 is 10.6 Å². The summed E-state index contributed by atoms with van der Waals surface area (Å²) >= 11 is 1.39. The van der Waals surface area contributed by atoms with E-state index in [-0.39, 0.29) is 18.4 Å². The summed E-state index contributed by atoms with van der Waals surface area (Å²) in [6.45, 7) is 0.820. The zero-order valence-corrected chi connectivity index (χ0v) is 16.2. The van der Waals surface area contributed by atoms with Crippen LogP contribution >= 0.6 is 11.8 Å². The summed E-state index contributed by atoms with van der Waals surface area (Å²) < 4.78 is 0. The number of hydrogen-bond acceptors (Lipinski definition) is 5. The Morgan fingerprint density at radius 1 is 1.15 bits per heavy atom. The topological polar surface area (TPSA) is 85.2 Å². The van der Waals surface area contributed by atoms with Crippen LogP contribution in [-0.4, -0.2) is 43.1 Å². The molecule has 0 bridgehead atoms. The summed E-state index contributed by atoms with van der Waals surface area (Å²) in [5.41, 5.74) is 2.34. The van der Waals surface area contributed by atoms with E-state index in [1.165, 1.54) is 11.8 Å². The molecule has 0 saturated heterocycles. The highest BCUT2D eigenvalue weighted by Crippen LogP contribution is 2.26. The van der Waals surface area contributed by atoms with Gasteiger partial charge in [0, 0.05) is 24.1 Å². The van der Waals surface area contributed by atoms with Crippen LogP contribution in [0.1, 0.15) is 15.9 Å². The summed E-state index contributed by atoms with van der Waals surface area (Å²) in [5.74, 6) is 0.0884. The minimum Gasteiger partial charge on any atom is -0.355 e.